The van der Waals surface area contributed by atoms with Crippen LogP contribution >= 0.6 is 22.7 Å². The summed E-state index contributed by atoms with van der Waals surface area (Å²) in [5.41, 5.74) is 2.57. The van der Waals surface area contributed by atoms with Crippen LogP contribution in [0.15, 0.2) is 59.3 Å². The second kappa shape index (κ2) is 15.4. The Morgan fingerprint density at radius 1 is 0.659 bits per heavy atom. The maximum Gasteiger partial charge on any atom is 0.417 e. The summed E-state index contributed by atoms with van der Waals surface area (Å²) in [5.74, 6) is -1.78. The second-order valence-electron chi connectivity index (χ2n) is 11.5. The Labute approximate surface area is 266 Å². The number of ether oxygens (including phenoxy) is 4. The Balaban J connectivity index is 0.797. The van der Waals surface area contributed by atoms with Gasteiger partial charge in [-0.05, 0) is 82.6 Å². The number of esters is 2. The van der Waals surface area contributed by atoms with E-state index in [0.717, 1.165) is 39.0 Å². The van der Waals surface area contributed by atoms with E-state index in [1.165, 1.54) is 31.3 Å². The van der Waals surface area contributed by atoms with Gasteiger partial charge in [0, 0.05) is 48.7 Å². The maximum absolute atomic E-state index is 12.4. The van der Waals surface area contributed by atoms with Gasteiger partial charge in [0.15, 0.2) is 0 Å². The molecule has 4 heterocycles. The van der Waals surface area contributed by atoms with Crippen molar-refractivity contribution in [3.8, 4) is 0 Å². The molecule has 2 saturated heterocycles. The molecule has 0 bridgehead atoms. The van der Waals surface area contributed by atoms with Crippen LogP contribution < -0.4 is 0 Å². The largest absolute Gasteiger partial charge is 0.453 e. The summed E-state index contributed by atoms with van der Waals surface area (Å²) in [5, 5.41) is 6.81. The summed E-state index contributed by atoms with van der Waals surface area (Å²) < 4.78 is 25.3. The lowest BCUT2D eigenvalue weighted by Crippen LogP contribution is -2.33. The van der Waals surface area contributed by atoms with Gasteiger partial charge >= 0.3 is 11.9 Å². The third-order valence-corrected chi connectivity index (χ3v) is 10.1. The highest BCUT2D eigenvalue weighted by atomic mass is 32.1. The highest BCUT2D eigenvalue weighted by molar-refractivity contribution is 7.17. The van der Waals surface area contributed by atoms with Gasteiger partial charge in [-0.15, -0.1) is 22.7 Å². The molecule has 0 radical (unpaired) electrons. The van der Waals surface area contributed by atoms with E-state index in [1.807, 2.05) is 0 Å². The van der Waals surface area contributed by atoms with E-state index < -0.39 is 11.9 Å². The predicted octanol–water partition coefficient (Wildman–Crippen LogP) is 5.17. The molecule has 44 heavy (non-hydrogen) atoms. The predicted molar refractivity (Wildman–Crippen MR) is 175 cm³/mol. The molecule has 2 aromatic heterocycles. The molecule has 0 N–H and O–H groups in total. The van der Waals surface area contributed by atoms with Gasteiger partial charge in [-0.2, -0.15) is 0 Å². The van der Waals surface area contributed by atoms with Crippen molar-refractivity contribution in [2.45, 2.75) is 37.9 Å². The van der Waals surface area contributed by atoms with Gasteiger partial charge < -0.3 is 18.9 Å². The van der Waals surface area contributed by atoms with Gasteiger partial charge in [-0.3, -0.25) is 9.80 Å². The van der Waals surface area contributed by atoms with Crippen LogP contribution in [0.3, 0.4) is 0 Å². The van der Waals surface area contributed by atoms with Crippen molar-refractivity contribution in [2.75, 3.05) is 65.7 Å². The van der Waals surface area contributed by atoms with Crippen molar-refractivity contribution in [1.29, 1.82) is 0 Å². The minimum absolute atomic E-state index is 0.294. The van der Waals surface area contributed by atoms with Crippen LogP contribution in [0, 0.1) is 0 Å². The van der Waals surface area contributed by atoms with Gasteiger partial charge in [-0.25, -0.2) is 9.59 Å². The van der Waals surface area contributed by atoms with Crippen molar-refractivity contribution >= 4 is 54.8 Å². The molecule has 10 heteroatoms. The smallest absolute Gasteiger partial charge is 0.417 e. The van der Waals surface area contributed by atoms with Crippen LogP contribution in [0.25, 0.3) is 20.2 Å². The Kier molecular flexibility index (Phi) is 10.9. The van der Waals surface area contributed by atoms with Crippen LogP contribution in [0.4, 0.5) is 0 Å². The molecule has 0 saturated carbocycles. The first-order chi connectivity index (χ1) is 21.6. The number of carbonyl (C=O) groups is 2. The molecular formula is C34H40N2O6S2. The molecule has 0 aliphatic carbocycles. The molecule has 0 amide bonds. The molecule has 2 aliphatic heterocycles. The van der Waals surface area contributed by atoms with Crippen LogP contribution in [0.2, 0.25) is 0 Å². The average molecular weight is 637 g/mol. The Bertz CT molecular complexity index is 1420. The topological polar surface area (TPSA) is 77.5 Å². The highest BCUT2D eigenvalue weighted by Gasteiger charge is 2.32. The zero-order valence-corrected chi connectivity index (χ0v) is 26.6. The Hall–Kier alpha value is -2.86. The summed E-state index contributed by atoms with van der Waals surface area (Å²) in [6, 6.07) is 17.4. The van der Waals surface area contributed by atoms with Gasteiger partial charge in [0.05, 0.1) is 26.4 Å². The van der Waals surface area contributed by atoms with E-state index in [4.69, 9.17) is 18.9 Å². The van der Waals surface area contributed by atoms with Crippen LogP contribution in [-0.4, -0.2) is 99.6 Å². The number of hydrogen-bond donors (Lipinski definition) is 0. The lowest BCUT2D eigenvalue weighted by atomic mass is 10.1. The first kappa shape index (κ1) is 31.1. The standard InChI is InChI=1S/C34H40N2O6S2/c37-33(41-29-5-11-35(23-29)13-17-39-15-7-25-1-3-27-9-19-43-31(27)21-25)34(38)42-30-6-12-36(24-30)14-18-40-16-8-26-2-4-28-10-20-44-32(28)22-26/h1-4,9-10,19-22,29-30H,5-8,11-18,23-24H2/t29-,30-/m1/s1. The fourth-order valence-electron chi connectivity index (χ4n) is 5.87. The minimum Gasteiger partial charge on any atom is -0.453 e. The molecule has 2 atom stereocenters. The molecular weight excluding hydrogens is 597 g/mol. The maximum atomic E-state index is 12.4. The van der Waals surface area contributed by atoms with Crippen molar-refractivity contribution in [1.82, 2.24) is 9.80 Å². The number of nitrogens with zero attached hydrogens (tertiary/aromatic N) is 2. The molecule has 0 spiro atoms. The van der Waals surface area contributed by atoms with Crippen molar-refractivity contribution in [3.63, 3.8) is 0 Å². The molecule has 0 unspecified atom stereocenters. The van der Waals surface area contributed by atoms with Crippen LogP contribution in [0.5, 0.6) is 0 Å². The molecule has 8 nitrogen and oxygen atoms in total. The number of fused-ring (bicyclic) bond motifs is 2. The van der Waals surface area contributed by atoms with E-state index in [9.17, 15) is 9.59 Å². The quantitative estimate of drug-likeness (QED) is 0.107. The molecule has 2 fully saturated rings. The number of benzene rings is 2. The number of likely N-dealkylation sites (tertiary alicyclic amines) is 2. The van der Waals surface area contributed by atoms with E-state index in [1.54, 1.807) is 22.7 Å². The van der Waals surface area contributed by atoms with Crippen molar-refractivity contribution in [3.05, 3.63) is 70.4 Å². The lowest BCUT2D eigenvalue weighted by Gasteiger charge is -2.17. The lowest BCUT2D eigenvalue weighted by molar-refractivity contribution is -0.173. The summed E-state index contributed by atoms with van der Waals surface area (Å²) in [7, 11) is 0. The number of hydrogen-bond acceptors (Lipinski definition) is 10. The van der Waals surface area contributed by atoms with Crippen molar-refractivity contribution < 1.29 is 28.5 Å². The summed E-state index contributed by atoms with van der Waals surface area (Å²) in [6.45, 7) is 6.99. The third-order valence-electron chi connectivity index (χ3n) is 8.39. The van der Waals surface area contributed by atoms with Gasteiger partial charge in [0.2, 0.25) is 0 Å². The molecule has 6 rings (SSSR count). The van der Waals surface area contributed by atoms with Crippen LogP contribution in [-0.2, 0) is 41.4 Å². The van der Waals surface area contributed by atoms with E-state index in [2.05, 4.69) is 69.1 Å². The molecule has 2 aliphatic rings. The monoisotopic (exact) mass is 636 g/mol. The zero-order valence-electron chi connectivity index (χ0n) is 25.0. The fourth-order valence-corrected chi connectivity index (χ4v) is 7.58. The molecule has 2 aromatic carbocycles. The van der Waals surface area contributed by atoms with Gasteiger partial charge in [0.25, 0.3) is 0 Å². The number of carbonyl (C=O) groups excluding carboxylic acids is 2. The van der Waals surface area contributed by atoms with E-state index in [-0.39, 0.29) is 12.2 Å². The number of rotatable bonds is 14. The second-order valence-corrected chi connectivity index (χ2v) is 13.4. The normalized spacial score (nSPS) is 19.3. The zero-order chi connectivity index (χ0) is 30.1. The highest BCUT2D eigenvalue weighted by Crippen LogP contribution is 2.23. The van der Waals surface area contributed by atoms with E-state index >= 15 is 0 Å². The van der Waals surface area contributed by atoms with Gasteiger partial charge in [0.1, 0.15) is 12.2 Å². The summed E-state index contributed by atoms with van der Waals surface area (Å²) >= 11 is 3.52. The third kappa shape index (κ3) is 8.65. The first-order valence-corrected chi connectivity index (χ1v) is 17.3. The Morgan fingerprint density at radius 2 is 1.14 bits per heavy atom. The summed E-state index contributed by atoms with van der Waals surface area (Å²) in [6.07, 6.45) is 2.60. The van der Waals surface area contributed by atoms with Gasteiger partial charge in [-0.1, -0.05) is 24.3 Å². The number of thiophene rings is 2. The van der Waals surface area contributed by atoms with E-state index in [0.29, 0.717) is 52.4 Å². The fraction of sp³-hybridized carbons (Fsp3) is 0.471. The van der Waals surface area contributed by atoms with Crippen molar-refractivity contribution in [2.24, 2.45) is 0 Å². The SMILES string of the molecule is O=C(O[C@@H]1CCN(CCOCCc2ccc3ccsc3c2)C1)C(=O)O[C@@H]1CCN(CCOCCc2ccc3ccsc3c2)C1. The first-order valence-electron chi connectivity index (χ1n) is 15.5. The summed E-state index contributed by atoms with van der Waals surface area (Å²) in [4.78, 5) is 29.3. The molecule has 4 aromatic rings. The van der Waals surface area contributed by atoms with Crippen LogP contribution in [0.1, 0.15) is 24.0 Å². The minimum atomic E-state index is -0.890. The Morgan fingerprint density at radius 3 is 1.61 bits per heavy atom. The molecule has 234 valence electrons. The average Bonchev–Trinajstić information content (AvgIpc) is 3.84.